The summed E-state index contributed by atoms with van der Waals surface area (Å²) in [5.41, 5.74) is 1.66. The van der Waals surface area contributed by atoms with Crippen LogP contribution in [-0.2, 0) is 6.42 Å². The molecule has 0 aromatic heterocycles. The van der Waals surface area contributed by atoms with Crippen LogP contribution in [0.2, 0.25) is 0 Å². The van der Waals surface area contributed by atoms with Crippen LogP contribution in [0.25, 0.3) is 0 Å². The number of aromatic hydroxyl groups is 2. The van der Waals surface area contributed by atoms with Crippen molar-refractivity contribution in [2.75, 3.05) is 23.8 Å². The molecule has 2 aromatic rings. The summed E-state index contributed by atoms with van der Waals surface area (Å²) in [4.78, 5) is 3.02. The Balaban J connectivity index is 1.70. The molecule has 1 aliphatic rings. The molecule has 2 aromatic carbocycles. The van der Waals surface area contributed by atoms with Gasteiger partial charge in [-0.2, -0.15) is 0 Å². The summed E-state index contributed by atoms with van der Waals surface area (Å²) in [5.74, 6) is 1.91. The fraction of sp³-hybridized carbons (Fsp3) is 0.455. The lowest BCUT2D eigenvalue weighted by Gasteiger charge is -2.33. The SMILES string of the molecule is CCC(C)N(CC(O)COc1cccc2c1SCCC2)c1c(O)cccc1O. The van der Waals surface area contributed by atoms with Gasteiger partial charge in [0.2, 0.25) is 0 Å². The van der Waals surface area contributed by atoms with E-state index in [-0.39, 0.29) is 30.7 Å². The van der Waals surface area contributed by atoms with E-state index in [1.54, 1.807) is 18.2 Å². The summed E-state index contributed by atoms with van der Waals surface area (Å²) >= 11 is 1.81. The molecule has 2 atom stereocenters. The Labute approximate surface area is 171 Å². The molecule has 3 rings (SSSR count). The lowest BCUT2D eigenvalue weighted by molar-refractivity contribution is 0.109. The highest BCUT2D eigenvalue weighted by Crippen LogP contribution is 2.39. The van der Waals surface area contributed by atoms with Crippen molar-refractivity contribution in [1.82, 2.24) is 0 Å². The molecule has 1 aliphatic heterocycles. The second-order valence-electron chi connectivity index (χ2n) is 7.22. The average Bonchev–Trinajstić information content (AvgIpc) is 2.70. The van der Waals surface area contributed by atoms with Gasteiger partial charge in [-0.05, 0) is 55.7 Å². The third-order valence-electron chi connectivity index (χ3n) is 5.14. The number of aliphatic hydroxyl groups excluding tert-OH is 1. The zero-order valence-electron chi connectivity index (χ0n) is 16.5. The van der Waals surface area contributed by atoms with Crippen LogP contribution in [0.4, 0.5) is 5.69 Å². The topological polar surface area (TPSA) is 73.2 Å². The molecule has 152 valence electrons. The van der Waals surface area contributed by atoms with E-state index < -0.39 is 6.10 Å². The molecule has 0 bridgehead atoms. The van der Waals surface area contributed by atoms with Gasteiger partial charge >= 0.3 is 0 Å². The number of ether oxygens (including phenoxy) is 1. The summed E-state index contributed by atoms with van der Waals surface area (Å²) in [6.45, 7) is 4.44. The first-order valence-corrected chi connectivity index (χ1v) is 10.8. The van der Waals surface area contributed by atoms with Crippen LogP contribution in [0.3, 0.4) is 0 Å². The van der Waals surface area contributed by atoms with Crippen LogP contribution in [-0.4, -0.2) is 46.4 Å². The van der Waals surface area contributed by atoms with Crippen molar-refractivity contribution in [3.63, 3.8) is 0 Å². The maximum Gasteiger partial charge on any atom is 0.142 e. The highest BCUT2D eigenvalue weighted by atomic mass is 32.2. The number of thioether (sulfide) groups is 1. The Hall–Kier alpha value is -2.05. The number of aryl methyl sites for hydroxylation is 1. The maximum absolute atomic E-state index is 10.6. The van der Waals surface area contributed by atoms with Crippen LogP contribution in [0.15, 0.2) is 41.3 Å². The first kappa shape index (κ1) is 20.7. The molecular weight excluding hydrogens is 374 g/mol. The van der Waals surface area contributed by atoms with Crippen molar-refractivity contribution in [1.29, 1.82) is 0 Å². The van der Waals surface area contributed by atoms with Gasteiger partial charge in [0.05, 0.1) is 4.90 Å². The number of nitrogens with zero attached hydrogens (tertiary/aromatic N) is 1. The summed E-state index contributed by atoms with van der Waals surface area (Å²) in [7, 11) is 0. The Morgan fingerprint density at radius 1 is 1.14 bits per heavy atom. The average molecular weight is 404 g/mol. The minimum atomic E-state index is -0.766. The van der Waals surface area contributed by atoms with Gasteiger partial charge < -0.3 is 25.0 Å². The van der Waals surface area contributed by atoms with Crippen LogP contribution in [0.1, 0.15) is 32.3 Å². The number of aliphatic hydroxyl groups is 1. The Bertz CT molecular complexity index is 778. The van der Waals surface area contributed by atoms with Crippen molar-refractivity contribution < 1.29 is 20.1 Å². The van der Waals surface area contributed by atoms with Crippen molar-refractivity contribution in [3.05, 3.63) is 42.0 Å². The van der Waals surface area contributed by atoms with Crippen molar-refractivity contribution in [2.24, 2.45) is 0 Å². The first-order chi connectivity index (χ1) is 13.5. The molecular formula is C22H29NO4S. The predicted molar refractivity (Wildman–Crippen MR) is 114 cm³/mol. The number of phenols is 2. The molecule has 3 N–H and O–H groups in total. The maximum atomic E-state index is 10.6. The summed E-state index contributed by atoms with van der Waals surface area (Å²) < 4.78 is 5.95. The number of hydrogen-bond acceptors (Lipinski definition) is 6. The van der Waals surface area contributed by atoms with Crippen molar-refractivity contribution >= 4 is 17.4 Å². The molecule has 0 saturated carbocycles. The Morgan fingerprint density at radius 2 is 1.86 bits per heavy atom. The van der Waals surface area contributed by atoms with Gasteiger partial charge in [0.25, 0.3) is 0 Å². The van der Waals surface area contributed by atoms with Gasteiger partial charge in [-0.25, -0.2) is 0 Å². The van der Waals surface area contributed by atoms with E-state index in [0.717, 1.165) is 24.3 Å². The molecule has 5 nitrogen and oxygen atoms in total. The number of rotatable bonds is 8. The van der Waals surface area contributed by atoms with E-state index in [1.807, 2.05) is 42.6 Å². The Morgan fingerprint density at radius 3 is 2.57 bits per heavy atom. The standard InChI is InChI=1S/C22H29NO4S/c1-3-15(2)23(21-18(25)9-5-10-19(21)26)13-17(24)14-27-20-11-4-7-16-8-6-12-28-22(16)20/h4-5,7,9-11,15,17,24-26H,3,6,8,12-14H2,1-2H3. The molecule has 0 aliphatic carbocycles. The highest BCUT2D eigenvalue weighted by Gasteiger charge is 2.23. The normalized spacial score (nSPS) is 15.5. The quantitative estimate of drug-likeness (QED) is 0.614. The van der Waals surface area contributed by atoms with Gasteiger partial charge in [-0.3, -0.25) is 0 Å². The molecule has 0 fully saturated rings. The van der Waals surface area contributed by atoms with E-state index in [4.69, 9.17) is 4.74 Å². The van der Waals surface area contributed by atoms with Crippen LogP contribution in [0.5, 0.6) is 17.2 Å². The summed E-state index contributed by atoms with van der Waals surface area (Å²) in [6, 6.07) is 10.8. The second-order valence-corrected chi connectivity index (χ2v) is 8.32. The third-order valence-corrected chi connectivity index (χ3v) is 6.38. The number of para-hydroxylation sites is 1. The van der Waals surface area contributed by atoms with Crippen LogP contribution < -0.4 is 9.64 Å². The molecule has 0 spiro atoms. The number of benzene rings is 2. The Kier molecular flexibility index (Phi) is 6.97. The highest BCUT2D eigenvalue weighted by molar-refractivity contribution is 7.99. The fourth-order valence-corrected chi connectivity index (χ4v) is 4.58. The zero-order chi connectivity index (χ0) is 20.1. The minimum Gasteiger partial charge on any atom is -0.506 e. The molecule has 1 heterocycles. The van der Waals surface area contributed by atoms with Crippen LogP contribution >= 0.6 is 11.8 Å². The van der Waals surface area contributed by atoms with Crippen LogP contribution in [0, 0.1) is 0 Å². The van der Waals surface area contributed by atoms with Gasteiger partial charge in [0.1, 0.15) is 35.6 Å². The van der Waals surface area contributed by atoms with Gasteiger partial charge in [-0.1, -0.05) is 25.1 Å². The van der Waals surface area contributed by atoms with E-state index in [9.17, 15) is 15.3 Å². The molecule has 0 radical (unpaired) electrons. The molecule has 0 amide bonds. The minimum absolute atomic E-state index is 0.00180. The summed E-state index contributed by atoms with van der Waals surface area (Å²) in [5, 5.41) is 31.1. The molecule has 28 heavy (non-hydrogen) atoms. The van der Waals surface area contributed by atoms with E-state index in [1.165, 1.54) is 16.9 Å². The van der Waals surface area contributed by atoms with E-state index in [2.05, 4.69) is 6.07 Å². The molecule has 0 saturated heterocycles. The number of phenolic OH excluding ortho intramolecular Hbond substituents is 2. The van der Waals surface area contributed by atoms with E-state index >= 15 is 0 Å². The summed E-state index contributed by atoms with van der Waals surface area (Å²) in [6.07, 6.45) is 2.29. The number of hydrogen-bond donors (Lipinski definition) is 3. The fourth-order valence-electron chi connectivity index (χ4n) is 3.46. The van der Waals surface area contributed by atoms with Gasteiger partial charge in [-0.15, -0.1) is 11.8 Å². The molecule has 2 unspecified atom stereocenters. The molecule has 6 heteroatoms. The van der Waals surface area contributed by atoms with E-state index in [0.29, 0.717) is 5.69 Å². The zero-order valence-corrected chi connectivity index (χ0v) is 17.3. The monoisotopic (exact) mass is 403 g/mol. The number of fused-ring (bicyclic) bond motifs is 1. The largest absolute Gasteiger partial charge is 0.506 e. The first-order valence-electron chi connectivity index (χ1n) is 9.84. The lowest BCUT2D eigenvalue weighted by Crippen LogP contribution is -2.41. The number of anilines is 1. The lowest BCUT2D eigenvalue weighted by atomic mass is 10.1. The second kappa shape index (κ2) is 9.43. The predicted octanol–water partition coefficient (Wildman–Crippen LogP) is 4.18. The third kappa shape index (κ3) is 4.67. The van der Waals surface area contributed by atoms with Gasteiger partial charge in [0.15, 0.2) is 0 Å². The smallest absolute Gasteiger partial charge is 0.142 e. The van der Waals surface area contributed by atoms with Gasteiger partial charge in [0, 0.05) is 12.6 Å². The van der Waals surface area contributed by atoms with Crippen molar-refractivity contribution in [2.45, 2.75) is 50.2 Å². The van der Waals surface area contributed by atoms with Crippen molar-refractivity contribution in [3.8, 4) is 17.2 Å².